The van der Waals surface area contributed by atoms with Gasteiger partial charge in [0, 0.05) is 6.20 Å². The van der Waals surface area contributed by atoms with Gasteiger partial charge in [-0.2, -0.15) is 10.1 Å². The van der Waals surface area contributed by atoms with E-state index in [2.05, 4.69) is 19.8 Å². The molecule has 0 aliphatic heterocycles. The molecule has 3 N–H and O–H groups in total. The van der Waals surface area contributed by atoms with Gasteiger partial charge in [0.25, 0.3) is 0 Å². The minimum Gasteiger partial charge on any atom is -0.328 e. The van der Waals surface area contributed by atoms with E-state index >= 15 is 0 Å². The van der Waals surface area contributed by atoms with Gasteiger partial charge >= 0.3 is 11.8 Å². The lowest BCUT2D eigenvalue weighted by molar-refractivity contribution is 0.0910. The second-order valence-corrected chi connectivity index (χ2v) is 3.28. The van der Waals surface area contributed by atoms with Crippen molar-refractivity contribution in [3.05, 3.63) is 29.1 Å². The summed E-state index contributed by atoms with van der Waals surface area (Å²) in [6.45, 7) is 0.258. The Kier molecular flexibility index (Phi) is 2.84. The molecule has 0 aliphatic rings. The molecule has 0 saturated heterocycles. The molecule has 2 rings (SSSR count). The maximum atomic E-state index is 11.0. The van der Waals surface area contributed by atoms with Gasteiger partial charge in [0.1, 0.15) is 6.54 Å². The van der Waals surface area contributed by atoms with Gasteiger partial charge in [-0.3, -0.25) is 14.9 Å². The number of carbonyl (C=O) groups is 1. The molecule has 0 unspecified atom stereocenters. The molecule has 0 spiro atoms. The van der Waals surface area contributed by atoms with Crippen LogP contribution in [-0.2, 0) is 6.54 Å². The summed E-state index contributed by atoms with van der Waals surface area (Å²) in [7, 11) is 0. The van der Waals surface area contributed by atoms with Crippen LogP contribution in [0.3, 0.4) is 0 Å². The highest BCUT2D eigenvalue weighted by molar-refractivity contribution is 6.30. The molecule has 0 saturated carbocycles. The van der Waals surface area contributed by atoms with Crippen molar-refractivity contribution in [3.63, 3.8) is 0 Å². The number of nitrogens with one attached hydrogen (secondary N) is 1. The predicted molar refractivity (Wildman–Crippen MR) is 52.3 cm³/mol. The average molecular weight is 243 g/mol. The van der Waals surface area contributed by atoms with Crippen molar-refractivity contribution in [1.29, 1.82) is 0 Å². The molecule has 2 aromatic heterocycles. The van der Waals surface area contributed by atoms with Crippen molar-refractivity contribution in [3.8, 4) is 0 Å². The van der Waals surface area contributed by atoms with Gasteiger partial charge in [-0.25, -0.2) is 5.84 Å². The molecular weight excluding hydrogens is 236 g/mol. The summed E-state index contributed by atoms with van der Waals surface area (Å²) in [6.07, 6.45) is 3.08. The number of hydrogen-bond acceptors (Lipinski definition) is 6. The van der Waals surface area contributed by atoms with Crippen LogP contribution in [0.25, 0.3) is 0 Å². The minimum atomic E-state index is -0.641. The number of halogens is 1. The minimum absolute atomic E-state index is 0.198. The molecule has 84 valence electrons. The lowest BCUT2D eigenvalue weighted by atomic mass is 10.5. The number of nitrogens with two attached hydrogens (primary N) is 1. The van der Waals surface area contributed by atoms with Crippen LogP contribution in [0.4, 0.5) is 0 Å². The first-order valence-electron chi connectivity index (χ1n) is 4.20. The maximum absolute atomic E-state index is 11.0. The molecule has 9 heteroatoms. The number of aromatic nitrogens is 4. The van der Waals surface area contributed by atoms with Gasteiger partial charge in [-0.05, 0) is 0 Å². The van der Waals surface area contributed by atoms with Crippen LogP contribution in [0.1, 0.15) is 16.5 Å². The fourth-order valence-electron chi connectivity index (χ4n) is 1.04. The first-order chi connectivity index (χ1) is 7.69. The molecule has 2 heterocycles. The number of carbonyl (C=O) groups excluding carboxylic acids is 1. The standard InChI is InChI=1S/C7H7ClN6O2/c8-4-1-10-14(2-4)3-5-11-7(16-13-5)6(15)12-9/h1-2H,3,9H2,(H,12,15). The number of amides is 1. The zero-order chi connectivity index (χ0) is 11.5. The molecule has 8 nitrogen and oxygen atoms in total. The van der Waals surface area contributed by atoms with Crippen molar-refractivity contribution >= 4 is 17.5 Å². The summed E-state index contributed by atoms with van der Waals surface area (Å²) in [6, 6.07) is 0. The molecule has 0 bridgehead atoms. The molecule has 16 heavy (non-hydrogen) atoms. The largest absolute Gasteiger partial charge is 0.328 e. The summed E-state index contributed by atoms with van der Waals surface area (Å²) >= 11 is 5.68. The van der Waals surface area contributed by atoms with Crippen molar-refractivity contribution in [2.45, 2.75) is 6.54 Å². The fraction of sp³-hybridized carbons (Fsp3) is 0.143. The summed E-state index contributed by atoms with van der Waals surface area (Å²) in [5, 5.41) is 8.01. The van der Waals surface area contributed by atoms with Gasteiger partial charge < -0.3 is 4.52 Å². The van der Waals surface area contributed by atoms with Crippen molar-refractivity contribution in [2.24, 2.45) is 5.84 Å². The van der Waals surface area contributed by atoms with E-state index in [-0.39, 0.29) is 12.4 Å². The number of nitrogen functional groups attached to an aromatic ring is 1. The average Bonchev–Trinajstić information content (AvgIpc) is 2.87. The second-order valence-electron chi connectivity index (χ2n) is 2.85. The van der Waals surface area contributed by atoms with Crippen LogP contribution in [0.15, 0.2) is 16.9 Å². The Hall–Kier alpha value is -1.93. The SMILES string of the molecule is NNC(=O)c1nc(Cn2cc(Cl)cn2)no1. The normalized spacial score (nSPS) is 10.4. The first-order valence-corrected chi connectivity index (χ1v) is 4.58. The lowest BCUT2D eigenvalue weighted by Crippen LogP contribution is -2.30. The quantitative estimate of drug-likeness (QED) is 0.429. The van der Waals surface area contributed by atoms with Crippen LogP contribution < -0.4 is 11.3 Å². The third-order valence-corrected chi connectivity index (χ3v) is 1.89. The van der Waals surface area contributed by atoms with Gasteiger partial charge in [-0.15, -0.1) is 0 Å². The maximum Gasteiger partial charge on any atom is 0.323 e. The Morgan fingerprint density at radius 2 is 2.50 bits per heavy atom. The van der Waals surface area contributed by atoms with Gasteiger partial charge in [0.2, 0.25) is 0 Å². The van der Waals surface area contributed by atoms with Crippen molar-refractivity contribution < 1.29 is 9.32 Å². The van der Waals surface area contributed by atoms with Crippen LogP contribution in [0.5, 0.6) is 0 Å². The zero-order valence-electron chi connectivity index (χ0n) is 7.92. The highest BCUT2D eigenvalue weighted by atomic mass is 35.5. The van der Waals surface area contributed by atoms with Crippen molar-refractivity contribution in [1.82, 2.24) is 25.3 Å². The molecular formula is C7H7ClN6O2. The fourth-order valence-corrected chi connectivity index (χ4v) is 1.20. The Morgan fingerprint density at radius 1 is 1.69 bits per heavy atom. The van der Waals surface area contributed by atoms with E-state index in [1.54, 1.807) is 6.20 Å². The highest BCUT2D eigenvalue weighted by Crippen LogP contribution is 2.06. The second kappa shape index (κ2) is 4.29. The van der Waals surface area contributed by atoms with E-state index in [4.69, 9.17) is 17.4 Å². The van der Waals surface area contributed by atoms with E-state index in [1.165, 1.54) is 10.9 Å². The van der Waals surface area contributed by atoms with Crippen LogP contribution in [-0.4, -0.2) is 25.8 Å². The molecule has 0 aromatic carbocycles. The van der Waals surface area contributed by atoms with Crippen molar-refractivity contribution in [2.75, 3.05) is 0 Å². The lowest BCUT2D eigenvalue weighted by Gasteiger charge is -1.93. The molecule has 0 fully saturated rings. The summed E-state index contributed by atoms with van der Waals surface area (Å²) < 4.78 is 6.18. The topological polar surface area (TPSA) is 112 Å². The Bertz CT molecular complexity index is 506. The summed E-state index contributed by atoms with van der Waals surface area (Å²) in [5.41, 5.74) is 1.88. The Labute approximate surface area is 94.3 Å². The van der Waals surface area contributed by atoms with Crippen LogP contribution in [0, 0.1) is 0 Å². The third-order valence-electron chi connectivity index (χ3n) is 1.70. The smallest absolute Gasteiger partial charge is 0.323 e. The van der Waals surface area contributed by atoms with Gasteiger partial charge in [0.15, 0.2) is 5.82 Å². The number of hydrazine groups is 1. The van der Waals surface area contributed by atoms with E-state index < -0.39 is 5.91 Å². The number of rotatable bonds is 3. The Balaban J connectivity index is 2.11. The first kappa shape index (κ1) is 10.6. The number of hydrogen-bond donors (Lipinski definition) is 2. The van der Waals surface area contributed by atoms with Gasteiger partial charge in [0.05, 0.1) is 11.2 Å². The van der Waals surface area contributed by atoms with Crippen LogP contribution in [0.2, 0.25) is 5.02 Å². The third kappa shape index (κ3) is 2.18. The molecule has 2 aromatic rings. The summed E-state index contributed by atoms with van der Waals surface area (Å²) in [4.78, 5) is 14.8. The molecule has 0 radical (unpaired) electrons. The summed E-state index contributed by atoms with van der Waals surface area (Å²) in [5.74, 6) is 4.37. The monoisotopic (exact) mass is 242 g/mol. The Morgan fingerprint density at radius 3 is 3.12 bits per heavy atom. The van der Waals surface area contributed by atoms with E-state index in [0.717, 1.165) is 0 Å². The zero-order valence-corrected chi connectivity index (χ0v) is 8.68. The highest BCUT2D eigenvalue weighted by Gasteiger charge is 2.13. The van der Waals surface area contributed by atoms with E-state index in [9.17, 15) is 4.79 Å². The van der Waals surface area contributed by atoms with Crippen LogP contribution >= 0.6 is 11.6 Å². The molecule has 0 aliphatic carbocycles. The predicted octanol–water partition coefficient (Wildman–Crippen LogP) is -0.429. The molecule has 0 atom stereocenters. The van der Waals surface area contributed by atoms with E-state index in [0.29, 0.717) is 10.8 Å². The molecule has 1 amide bonds. The van der Waals surface area contributed by atoms with E-state index in [1.807, 2.05) is 5.43 Å². The van der Waals surface area contributed by atoms with Gasteiger partial charge in [-0.1, -0.05) is 16.8 Å². The number of nitrogens with zero attached hydrogens (tertiary/aromatic N) is 4.